The number of aromatic amines is 1. The highest BCUT2D eigenvalue weighted by Crippen LogP contribution is 2.44. The Morgan fingerprint density at radius 3 is 2.69 bits per heavy atom. The molecule has 1 aliphatic rings. The average molecular weight is 433 g/mol. The summed E-state index contributed by atoms with van der Waals surface area (Å²) in [6.45, 7) is 4.59. The molecular weight excluding hydrogens is 407 g/mol. The second-order valence-corrected chi connectivity index (χ2v) is 8.79. The second-order valence-electron chi connectivity index (χ2n) is 8.79. The van der Waals surface area contributed by atoms with Crippen molar-refractivity contribution >= 4 is 16.7 Å². The number of aromatic nitrogens is 5. The zero-order chi connectivity index (χ0) is 22.3. The first-order valence-corrected chi connectivity index (χ1v) is 10.8. The number of hydrogen-bond acceptors (Lipinski definition) is 5. The fraction of sp³-hybridized carbons (Fsp3) is 0.333. The summed E-state index contributed by atoms with van der Waals surface area (Å²) in [7, 11) is 0. The summed E-state index contributed by atoms with van der Waals surface area (Å²) in [4.78, 5) is 16.8. The molecule has 8 heteroatoms. The molecule has 4 aromatic rings. The summed E-state index contributed by atoms with van der Waals surface area (Å²) in [5, 5.41) is 15.4. The quantitative estimate of drug-likeness (QED) is 0.476. The molecule has 0 amide bonds. The molecule has 0 bridgehead atoms. The van der Waals surface area contributed by atoms with Crippen LogP contribution in [0.5, 0.6) is 0 Å². The number of halogens is 1. The summed E-state index contributed by atoms with van der Waals surface area (Å²) >= 11 is 0. The van der Waals surface area contributed by atoms with E-state index in [4.69, 9.17) is 0 Å². The molecule has 0 aliphatic heterocycles. The van der Waals surface area contributed by atoms with Crippen LogP contribution in [0.3, 0.4) is 0 Å². The summed E-state index contributed by atoms with van der Waals surface area (Å²) in [5.74, 6) is 0.622. The molecule has 3 heterocycles. The van der Waals surface area contributed by atoms with Gasteiger partial charge in [0.25, 0.3) is 5.56 Å². The van der Waals surface area contributed by atoms with Gasteiger partial charge in [0.05, 0.1) is 16.6 Å². The van der Waals surface area contributed by atoms with Gasteiger partial charge in [-0.3, -0.25) is 19.6 Å². The van der Waals surface area contributed by atoms with Crippen molar-refractivity contribution in [1.82, 2.24) is 25.0 Å². The van der Waals surface area contributed by atoms with Crippen LogP contribution < -0.4 is 10.9 Å². The zero-order valence-corrected chi connectivity index (χ0v) is 18.0. The Bertz CT molecular complexity index is 1290. The van der Waals surface area contributed by atoms with E-state index in [-0.39, 0.29) is 17.0 Å². The fourth-order valence-electron chi connectivity index (χ4n) is 4.47. The normalized spacial score (nSPS) is 20.4. The third-order valence-electron chi connectivity index (χ3n) is 6.24. The van der Waals surface area contributed by atoms with Crippen molar-refractivity contribution in [2.24, 2.45) is 0 Å². The summed E-state index contributed by atoms with van der Waals surface area (Å²) in [5.41, 5.74) is 2.84. The van der Waals surface area contributed by atoms with Crippen LogP contribution in [0.2, 0.25) is 0 Å². The summed E-state index contributed by atoms with van der Waals surface area (Å²) < 4.78 is 15.6. The van der Waals surface area contributed by atoms with Crippen molar-refractivity contribution in [1.29, 1.82) is 0 Å². The molecular formula is C24H25FN6O. The number of pyridine rings is 1. The number of nitrogens with one attached hydrogen (secondary N) is 2. The van der Waals surface area contributed by atoms with E-state index >= 15 is 0 Å². The highest BCUT2D eigenvalue weighted by molar-refractivity contribution is 5.83. The average Bonchev–Trinajstić information content (AvgIpc) is 3.13. The SMILES string of the molecule is CC(C)n1[nH]c(=O)c2cc(-c3ccc(NCC4(c5ccccn5)CC(F)C4)nn3)ccc21. The lowest BCUT2D eigenvalue weighted by Gasteiger charge is -2.43. The van der Waals surface area contributed by atoms with Gasteiger partial charge in [0.15, 0.2) is 0 Å². The van der Waals surface area contributed by atoms with E-state index in [1.54, 1.807) is 6.20 Å². The van der Waals surface area contributed by atoms with Crippen LogP contribution in [0, 0.1) is 0 Å². The predicted octanol–water partition coefficient (Wildman–Crippen LogP) is 4.24. The third kappa shape index (κ3) is 3.55. The lowest BCUT2D eigenvalue weighted by molar-refractivity contribution is 0.0996. The smallest absolute Gasteiger partial charge is 0.272 e. The lowest BCUT2D eigenvalue weighted by atomic mass is 9.65. The summed E-state index contributed by atoms with van der Waals surface area (Å²) in [6, 6.07) is 15.3. The Kier molecular flexibility index (Phi) is 5.00. The number of hydrogen-bond donors (Lipinski definition) is 2. The molecule has 1 aliphatic carbocycles. The largest absolute Gasteiger partial charge is 0.368 e. The predicted molar refractivity (Wildman–Crippen MR) is 123 cm³/mol. The molecule has 3 aromatic heterocycles. The molecule has 0 saturated heterocycles. The Labute approximate surface area is 184 Å². The molecule has 1 saturated carbocycles. The van der Waals surface area contributed by atoms with Crippen LogP contribution in [0.15, 0.2) is 59.5 Å². The lowest BCUT2D eigenvalue weighted by Crippen LogP contribution is -2.48. The fourth-order valence-corrected chi connectivity index (χ4v) is 4.47. The Hall–Kier alpha value is -3.55. The van der Waals surface area contributed by atoms with Crippen molar-refractivity contribution in [3.63, 3.8) is 0 Å². The van der Waals surface area contributed by atoms with Gasteiger partial charge in [-0.05, 0) is 63.1 Å². The highest BCUT2D eigenvalue weighted by atomic mass is 19.1. The summed E-state index contributed by atoms with van der Waals surface area (Å²) in [6.07, 6.45) is 1.85. The molecule has 1 aromatic carbocycles. The minimum atomic E-state index is -0.795. The second kappa shape index (κ2) is 7.85. The molecule has 2 N–H and O–H groups in total. The topological polar surface area (TPSA) is 88.5 Å². The molecule has 0 atom stereocenters. The monoisotopic (exact) mass is 432 g/mol. The standard InChI is InChI=1S/C24H25FN6O/c1-15(2)31-20-8-6-16(11-18(20)23(32)30-31)19-7-9-22(29-28-19)27-14-24(12-17(25)13-24)21-5-3-4-10-26-21/h3-11,15,17H,12-14H2,1-2H3,(H,27,29)(H,30,32). The molecule has 0 radical (unpaired) electrons. The number of fused-ring (bicyclic) bond motifs is 1. The van der Waals surface area contributed by atoms with E-state index in [1.165, 1.54) is 0 Å². The zero-order valence-electron chi connectivity index (χ0n) is 18.0. The molecule has 0 spiro atoms. The van der Waals surface area contributed by atoms with Crippen LogP contribution >= 0.6 is 0 Å². The molecule has 32 heavy (non-hydrogen) atoms. The number of benzene rings is 1. The van der Waals surface area contributed by atoms with Gasteiger partial charge in [-0.25, -0.2) is 4.39 Å². The van der Waals surface area contributed by atoms with Crippen LogP contribution in [-0.4, -0.2) is 37.7 Å². The Morgan fingerprint density at radius 1 is 1.19 bits per heavy atom. The van der Waals surface area contributed by atoms with Gasteiger partial charge in [0, 0.05) is 35.5 Å². The highest BCUT2D eigenvalue weighted by Gasteiger charge is 2.47. The van der Waals surface area contributed by atoms with Crippen LogP contribution in [0.4, 0.5) is 10.2 Å². The van der Waals surface area contributed by atoms with Crippen molar-refractivity contribution in [2.45, 2.75) is 44.3 Å². The number of nitrogens with zero attached hydrogens (tertiary/aromatic N) is 4. The minimum Gasteiger partial charge on any atom is -0.368 e. The maximum absolute atomic E-state index is 13.7. The number of anilines is 1. The maximum Gasteiger partial charge on any atom is 0.272 e. The van der Waals surface area contributed by atoms with Gasteiger partial charge < -0.3 is 5.32 Å². The van der Waals surface area contributed by atoms with E-state index in [1.807, 2.05) is 67.1 Å². The van der Waals surface area contributed by atoms with Gasteiger partial charge >= 0.3 is 0 Å². The first-order chi connectivity index (χ1) is 15.4. The van der Waals surface area contributed by atoms with Crippen molar-refractivity contribution in [3.8, 4) is 11.3 Å². The van der Waals surface area contributed by atoms with Crippen LogP contribution in [-0.2, 0) is 5.41 Å². The van der Waals surface area contributed by atoms with Gasteiger partial charge in [-0.1, -0.05) is 12.1 Å². The van der Waals surface area contributed by atoms with E-state index in [0.717, 1.165) is 16.8 Å². The third-order valence-corrected chi connectivity index (χ3v) is 6.24. The van der Waals surface area contributed by atoms with E-state index in [0.29, 0.717) is 36.3 Å². The van der Waals surface area contributed by atoms with Gasteiger partial charge in [0.2, 0.25) is 0 Å². The molecule has 0 unspecified atom stereocenters. The molecule has 7 nitrogen and oxygen atoms in total. The first kappa shape index (κ1) is 20.4. The number of rotatable bonds is 6. The van der Waals surface area contributed by atoms with Crippen LogP contribution in [0.1, 0.15) is 38.4 Å². The number of alkyl halides is 1. The molecule has 164 valence electrons. The Morgan fingerprint density at radius 2 is 2.03 bits per heavy atom. The maximum atomic E-state index is 13.7. The van der Waals surface area contributed by atoms with Crippen LogP contribution in [0.25, 0.3) is 22.2 Å². The molecule has 1 fully saturated rings. The van der Waals surface area contributed by atoms with Gasteiger partial charge in [-0.15, -0.1) is 10.2 Å². The van der Waals surface area contributed by atoms with Crippen molar-refractivity contribution in [2.75, 3.05) is 11.9 Å². The Balaban J connectivity index is 1.34. The van der Waals surface area contributed by atoms with E-state index in [2.05, 4.69) is 25.6 Å². The van der Waals surface area contributed by atoms with Gasteiger partial charge in [-0.2, -0.15) is 0 Å². The molecule has 5 rings (SSSR count). The van der Waals surface area contributed by atoms with E-state index < -0.39 is 6.17 Å². The first-order valence-electron chi connectivity index (χ1n) is 10.8. The minimum absolute atomic E-state index is 0.117. The van der Waals surface area contributed by atoms with Crippen molar-refractivity contribution < 1.29 is 4.39 Å². The van der Waals surface area contributed by atoms with Crippen molar-refractivity contribution in [3.05, 3.63) is 70.8 Å². The number of H-pyrrole nitrogens is 1. The van der Waals surface area contributed by atoms with Gasteiger partial charge in [0.1, 0.15) is 12.0 Å². The van der Waals surface area contributed by atoms with E-state index in [9.17, 15) is 9.18 Å².